The van der Waals surface area contributed by atoms with E-state index in [4.69, 9.17) is 15.6 Å². The van der Waals surface area contributed by atoms with E-state index in [-0.39, 0.29) is 17.8 Å². The van der Waals surface area contributed by atoms with Gasteiger partial charge in [0.2, 0.25) is 0 Å². The van der Waals surface area contributed by atoms with Crippen molar-refractivity contribution in [1.82, 2.24) is 4.90 Å². The van der Waals surface area contributed by atoms with E-state index in [1.807, 2.05) is 45.0 Å². The number of carboxylic acid groups (broad SMARTS) is 1. The number of amides is 1. The third-order valence-corrected chi connectivity index (χ3v) is 4.77. The Kier molecular flexibility index (Phi) is 6.64. The van der Waals surface area contributed by atoms with Crippen molar-refractivity contribution in [3.63, 3.8) is 0 Å². The fraction of sp³-hybridized carbons (Fsp3) is 0.600. The number of esters is 1. The van der Waals surface area contributed by atoms with Gasteiger partial charge in [-0.3, -0.25) is 4.79 Å². The van der Waals surface area contributed by atoms with Gasteiger partial charge < -0.3 is 20.5 Å². The molecule has 26 heavy (non-hydrogen) atoms. The monoisotopic (exact) mass is 362 g/mol. The van der Waals surface area contributed by atoms with E-state index in [9.17, 15) is 9.59 Å². The molecule has 1 aliphatic heterocycles. The van der Waals surface area contributed by atoms with Gasteiger partial charge in [-0.1, -0.05) is 24.3 Å². The lowest BCUT2D eigenvalue weighted by molar-refractivity contribution is -0.162. The van der Waals surface area contributed by atoms with Crippen LogP contribution >= 0.6 is 0 Å². The second kappa shape index (κ2) is 8.54. The second-order valence-electron chi connectivity index (χ2n) is 7.98. The molecule has 1 aromatic carbocycles. The van der Waals surface area contributed by atoms with E-state index < -0.39 is 11.7 Å². The van der Waals surface area contributed by atoms with Crippen LogP contribution in [0.4, 0.5) is 4.79 Å². The smallest absolute Gasteiger partial charge is 0.407 e. The number of piperidine rings is 1. The van der Waals surface area contributed by atoms with Crippen LogP contribution in [0.15, 0.2) is 24.3 Å². The molecule has 0 saturated carbocycles. The van der Waals surface area contributed by atoms with Crippen LogP contribution < -0.4 is 5.73 Å². The topological polar surface area (TPSA) is 92.9 Å². The van der Waals surface area contributed by atoms with Crippen molar-refractivity contribution in [3.8, 4) is 0 Å². The fourth-order valence-electron chi connectivity index (χ4n) is 3.45. The Morgan fingerprint density at radius 2 is 1.88 bits per heavy atom. The molecule has 144 valence electrons. The normalized spacial score (nSPS) is 17.0. The van der Waals surface area contributed by atoms with Crippen molar-refractivity contribution in [1.29, 1.82) is 0 Å². The summed E-state index contributed by atoms with van der Waals surface area (Å²) in [5, 5.41) is 9.14. The van der Waals surface area contributed by atoms with Crippen LogP contribution in [0.5, 0.6) is 0 Å². The quantitative estimate of drug-likeness (QED) is 0.786. The van der Waals surface area contributed by atoms with Crippen molar-refractivity contribution < 1.29 is 19.4 Å². The van der Waals surface area contributed by atoms with Crippen LogP contribution in [0, 0.1) is 11.8 Å². The zero-order valence-electron chi connectivity index (χ0n) is 15.9. The highest BCUT2D eigenvalue weighted by Crippen LogP contribution is 2.30. The van der Waals surface area contributed by atoms with E-state index in [1.165, 1.54) is 4.90 Å². The Labute approximate surface area is 155 Å². The number of benzene rings is 1. The summed E-state index contributed by atoms with van der Waals surface area (Å²) in [5.74, 6) is -0.371. The first-order valence-electron chi connectivity index (χ1n) is 9.18. The summed E-state index contributed by atoms with van der Waals surface area (Å²) in [6.07, 6.45) is 1.04. The van der Waals surface area contributed by atoms with Gasteiger partial charge in [0.1, 0.15) is 5.60 Å². The van der Waals surface area contributed by atoms with E-state index in [1.54, 1.807) is 0 Å². The molecule has 6 nitrogen and oxygen atoms in total. The molecule has 0 radical (unpaired) electrons. The molecule has 1 aliphatic rings. The van der Waals surface area contributed by atoms with Crippen LogP contribution in [-0.2, 0) is 22.5 Å². The van der Waals surface area contributed by atoms with Crippen LogP contribution in [-0.4, -0.2) is 40.8 Å². The minimum atomic E-state index is -0.895. The predicted molar refractivity (Wildman–Crippen MR) is 99.7 cm³/mol. The molecule has 6 heteroatoms. The number of hydrogen-bond donors (Lipinski definition) is 2. The number of nitrogens with two attached hydrogens (primary N) is 1. The summed E-state index contributed by atoms with van der Waals surface area (Å²) in [6.45, 7) is 6.98. The third kappa shape index (κ3) is 5.73. The summed E-state index contributed by atoms with van der Waals surface area (Å²) in [6, 6.07) is 7.96. The molecule has 1 fully saturated rings. The van der Waals surface area contributed by atoms with Gasteiger partial charge in [-0.15, -0.1) is 0 Å². The Morgan fingerprint density at radius 1 is 1.27 bits per heavy atom. The van der Waals surface area contributed by atoms with Gasteiger partial charge in [0.05, 0.1) is 5.92 Å². The number of likely N-dealkylation sites (tertiary alicyclic amines) is 1. The van der Waals surface area contributed by atoms with Crippen LogP contribution in [0.1, 0.15) is 44.7 Å². The maximum absolute atomic E-state index is 12.9. The lowest BCUT2D eigenvalue weighted by Gasteiger charge is -2.35. The van der Waals surface area contributed by atoms with Crippen LogP contribution in [0.2, 0.25) is 0 Å². The number of hydrogen-bond acceptors (Lipinski definition) is 4. The van der Waals surface area contributed by atoms with E-state index in [2.05, 4.69) is 0 Å². The maximum Gasteiger partial charge on any atom is 0.407 e. The molecule has 0 aliphatic carbocycles. The van der Waals surface area contributed by atoms with Crippen LogP contribution in [0.25, 0.3) is 0 Å². The molecule has 0 bridgehead atoms. The Morgan fingerprint density at radius 3 is 2.42 bits per heavy atom. The SMILES string of the molecule is CC(C)(C)OC(=O)[C@@H](Cc1cccc(CN)c1)C1CCN(C(=O)O)CC1. The predicted octanol–water partition coefficient (Wildman–Crippen LogP) is 3.04. The minimum Gasteiger partial charge on any atom is -0.465 e. The highest BCUT2D eigenvalue weighted by atomic mass is 16.6. The van der Waals surface area contributed by atoms with Gasteiger partial charge in [0.15, 0.2) is 0 Å². The number of ether oxygens (including phenoxy) is 1. The number of carbonyl (C=O) groups excluding carboxylic acids is 1. The summed E-state index contributed by atoms with van der Waals surface area (Å²) in [5.41, 5.74) is 7.27. The summed E-state index contributed by atoms with van der Waals surface area (Å²) in [7, 11) is 0. The van der Waals surface area contributed by atoms with Crippen molar-refractivity contribution in [2.24, 2.45) is 17.6 Å². The lowest BCUT2D eigenvalue weighted by Crippen LogP contribution is -2.42. The van der Waals surface area contributed by atoms with Gasteiger partial charge in [0.25, 0.3) is 0 Å². The average Bonchev–Trinajstić information content (AvgIpc) is 2.58. The summed E-state index contributed by atoms with van der Waals surface area (Å²) in [4.78, 5) is 25.4. The van der Waals surface area contributed by atoms with Crippen molar-refractivity contribution >= 4 is 12.1 Å². The van der Waals surface area contributed by atoms with Gasteiger partial charge in [-0.2, -0.15) is 0 Å². The van der Waals surface area contributed by atoms with Gasteiger partial charge >= 0.3 is 12.1 Å². The lowest BCUT2D eigenvalue weighted by atomic mass is 9.80. The molecule has 0 unspecified atom stereocenters. The van der Waals surface area contributed by atoms with Crippen molar-refractivity contribution in [3.05, 3.63) is 35.4 Å². The maximum atomic E-state index is 12.9. The molecule has 2 rings (SSSR count). The Hall–Kier alpha value is -2.08. The minimum absolute atomic E-state index is 0.113. The van der Waals surface area contributed by atoms with E-state index in [0.717, 1.165) is 11.1 Å². The highest BCUT2D eigenvalue weighted by molar-refractivity contribution is 5.74. The van der Waals surface area contributed by atoms with E-state index >= 15 is 0 Å². The first-order chi connectivity index (χ1) is 12.2. The largest absolute Gasteiger partial charge is 0.465 e. The van der Waals surface area contributed by atoms with Crippen molar-refractivity contribution in [2.75, 3.05) is 13.1 Å². The Bertz CT molecular complexity index is 631. The van der Waals surface area contributed by atoms with Gasteiger partial charge in [0, 0.05) is 19.6 Å². The molecule has 0 spiro atoms. The highest BCUT2D eigenvalue weighted by Gasteiger charge is 2.35. The number of nitrogens with zero attached hydrogens (tertiary/aromatic N) is 1. The third-order valence-electron chi connectivity index (χ3n) is 4.77. The molecule has 3 N–H and O–H groups in total. The van der Waals surface area contributed by atoms with Crippen molar-refractivity contribution in [2.45, 2.75) is 52.2 Å². The first-order valence-corrected chi connectivity index (χ1v) is 9.18. The molecule has 1 atom stereocenters. The molecule has 0 aromatic heterocycles. The van der Waals surface area contributed by atoms with Gasteiger partial charge in [-0.05, 0) is 57.1 Å². The molecular formula is C20H30N2O4. The molecule has 1 heterocycles. The number of carbonyl (C=O) groups is 2. The Balaban J connectivity index is 2.16. The van der Waals surface area contributed by atoms with E-state index in [0.29, 0.717) is 38.9 Å². The van der Waals surface area contributed by atoms with Gasteiger partial charge in [-0.25, -0.2) is 4.79 Å². The van der Waals surface area contributed by atoms with Crippen LogP contribution in [0.3, 0.4) is 0 Å². The summed E-state index contributed by atoms with van der Waals surface area (Å²) < 4.78 is 5.66. The molecule has 1 aromatic rings. The zero-order chi connectivity index (χ0) is 19.3. The standard InChI is InChI=1S/C20H30N2O4/c1-20(2,3)26-18(23)17(12-14-5-4-6-15(11-14)13-21)16-7-9-22(10-8-16)19(24)25/h4-6,11,16-17H,7-10,12-13,21H2,1-3H3,(H,24,25)/t17-/m0/s1. The summed E-state index contributed by atoms with van der Waals surface area (Å²) >= 11 is 0. The zero-order valence-corrected chi connectivity index (χ0v) is 15.9. The number of rotatable bonds is 5. The molecular weight excluding hydrogens is 332 g/mol. The molecule has 1 saturated heterocycles. The second-order valence-corrected chi connectivity index (χ2v) is 7.98. The first kappa shape index (κ1) is 20.2. The average molecular weight is 362 g/mol. The molecule has 1 amide bonds. The fourth-order valence-corrected chi connectivity index (χ4v) is 3.45.